The summed E-state index contributed by atoms with van der Waals surface area (Å²) >= 11 is 0. The molecule has 4 unspecified atom stereocenters. The van der Waals surface area contributed by atoms with E-state index < -0.39 is 66.2 Å². The third-order valence-electron chi connectivity index (χ3n) is 5.86. The van der Waals surface area contributed by atoms with E-state index in [0.717, 1.165) is 5.56 Å². The predicted octanol–water partition coefficient (Wildman–Crippen LogP) is -0.922. The number of carbonyl (C=O) groups is 6. The molecule has 9 N–H and O–H groups in total. The summed E-state index contributed by atoms with van der Waals surface area (Å²) < 4.78 is 0. The van der Waals surface area contributed by atoms with E-state index in [2.05, 4.69) is 16.0 Å². The van der Waals surface area contributed by atoms with Crippen LogP contribution in [0, 0.1) is 0 Å². The number of hydrogen-bond acceptors (Lipinski definition) is 7. The molecule has 0 aliphatic heterocycles. The van der Waals surface area contributed by atoms with E-state index in [1.165, 1.54) is 0 Å². The summed E-state index contributed by atoms with van der Waals surface area (Å²) in [7, 11) is 0. The summed E-state index contributed by atoms with van der Waals surface area (Å²) in [4.78, 5) is 73.1. The van der Waals surface area contributed by atoms with Crippen LogP contribution in [-0.4, -0.2) is 69.9 Å². The van der Waals surface area contributed by atoms with Gasteiger partial charge in [-0.05, 0) is 24.0 Å². The Labute approximate surface area is 230 Å². The molecular formula is C27H33N5O8. The molecule has 0 spiro atoms. The average molecular weight is 556 g/mol. The van der Waals surface area contributed by atoms with Crippen molar-refractivity contribution in [2.75, 3.05) is 0 Å². The van der Waals surface area contributed by atoms with Crippen molar-refractivity contribution in [3.63, 3.8) is 0 Å². The third-order valence-corrected chi connectivity index (χ3v) is 5.86. The maximum atomic E-state index is 13.3. The molecule has 13 heteroatoms. The van der Waals surface area contributed by atoms with E-state index in [1.807, 2.05) is 6.07 Å². The minimum atomic E-state index is -1.75. The first-order valence-electron chi connectivity index (χ1n) is 12.4. The first kappa shape index (κ1) is 31.4. The van der Waals surface area contributed by atoms with Crippen molar-refractivity contribution in [3.8, 4) is 0 Å². The van der Waals surface area contributed by atoms with Gasteiger partial charge in [-0.25, -0.2) is 4.79 Å². The van der Waals surface area contributed by atoms with Crippen LogP contribution in [0.3, 0.4) is 0 Å². The Hall–Kier alpha value is -4.78. The smallest absolute Gasteiger partial charge is 0.326 e. The molecule has 214 valence electrons. The number of carbonyl (C=O) groups excluding carboxylic acids is 4. The molecule has 0 bridgehead atoms. The molecule has 0 saturated carbocycles. The van der Waals surface area contributed by atoms with Crippen molar-refractivity contribution in [1.82, 2.24) is 16.0 Å². The van der Waals surface area contributed by atoms with Crippen LogP contribution in [0.5, 0.6) is 0 Å². The molecule has 0 aromatic heterocycles. The third kappa shape index (κ3) is 10.9. The van der Waals surface area contributed by atoms with Crippen LogP contribution >= 0.6 is 0 Å². The van der Waals surface area contributed by atoms with Crippen molar-refractivity contribution >= 4 is 35.6 Å². The van der Waals surface area contributed by atoms with Gasteiger partial charge in [0.2, 0.25) is 23.6 Å². The zero-order valence-corrected chi connectivity index (χ0v) is 21.6. The van der Waals surface area contributed by atoms with Gasteiger partial charge in [0.05, 0.1) is 12.5 Å². The van der Waals surface area contributed by atoms with Gasteiger partial charge in [0.25, 0.3) is 0 Å². The second-order valence-corrected chi connectivity index (χ2v) is 9.11. The van der Waals surface area contributed by atoms with Gasteiger partial charge < -0.3 is 37.6 Å². The summed E-state index contributed by atoms with van der Waals surface area (Å²) in [5.41, 5.74) is 12.7. The number of primary amides is 1. The fraction of sp³-hybridized carbons (Fsp3) is 0.333. The normalized spacial score (nSPS) is 13.6. The fourth-order valence-electron chi connectivity index (χ4n) is 3.77. The maximum absolute atomic E-state index is 13.3. The van der Waals surface area contributed by atoms with E-state index >= 15 is 0 Å². The second-order valence-electron chi connectivity index (χ2n) is 9.11. The molecule has 4 atom stereocenters. The summed E-state index contributed by atoms with van der Waals surface area (Å²) in [5.74, 6) is -6.21. The highest BCUT2D eigenvalue weighted by Crippen LogP contribution is 2.08. The number of nitrogens with one attached hydrogen (secondary N) is 3. The Bertz CT molecular complexity index is 1190. The number of hydrogen-bond donors (Lipinski definition) is 7. The van der Waals surface area contributed by atoms with Crippen LogP contribution in [0.2, 0.25) is 0 Å². The van der Waals surface area contributed by atoms with Gasteiger partial charge >= 0.3 is 11.9 Å². The first-order valence-corrected chi connectivity index (χ1v) is 12.4. The van der Waals surface area contributed by atoms with Crippen LogP contribution in [0.25, 0.3) is 0 Å². The van der Waals surface area contributed by atoms with Crippen molar-refractivity contribution in [3.05, 3.63) is 71.8 Å². The van der Waals surface area contributed by atoms with E-state index in [0.29, 0.717) is 5.56 Å². The van der Waals surface area contributed by atoms with Crippen LogP contribution in [0.1, 0.15) is 30.4 Å². The van der Waals surface area contributed by atoms with Gasteiger partial charge in [0.1, 0.15) is 18.1 Å². The zero-order chi connectivity index (χ0) is 29.7. The van der Waals surface area contributed by atoms with E-state index in [-0.39, 0.29) is 25.7 Å². The van der Waals surface area contributed by atoms with Crippen LogP contribution in [0.15, 0.2) is 60.7 Å². The van der Waals surface area contributed by atoms with E-state index in [9.17, 15) is 33.9 Å². The number of carboxylic acid groups (broad SMARTS) is 2. The summed E-state index contributed by atoms with van der Waals surface area (Å²) in [6.45, 7) is 0. The van der Waals surface area contributed by atoms with Crippen molar-refractivity contribution in [2.24, 2.45) is 11.5 Å². The lowest BCUT2D eigenvalue weighted by atomic mass is 10.0. The molecule has 2 aromatic carbocycles. The number of carboxylic acids is 2. The van der Waals surface area contributed by atoms with Gasteiger partial charge in [0, 0.05) is 12.8 Å². The van der Waals surface area contributed by atoms with Crippen molar-refractivity contribution in [2.45, 2.75) is 56.3 Å². The molecule has 0 heterocycles. The molecule has 0 fully saturated rings. The van der Waals surface area contributed by atoms with Crippen LogP contribution < -0.4 is 27.4 Å². The van der Waals surface area contributed by atoms with Crippen LogP contribution in [0.4, 0.5) is 0 Å². The maximum Gasteiger partial charge on any atom is 0.326 e. The highest BCUT2D eigenvalue weighted by Gasteiger charge is 2.31. The Morgan fingerprint density at radius 2 is 1.15 bits per heavy atom. The minimum Gasteiger partial charge on any atom is -0.481 e. The second kappa shape index (κ2) is 15.6. The Balaban J connectivity index is 2.22. The molecule has 4 amide bonds. The highest BCUT2D eigenvalue weighted by molar-refractivity contribution is 5.95. The molecule has 0 saturated heterocycles. The monoisotopic (exact) mass is 555 g/mol. The molecule has 40 heavy (non-hydrogen) atoms. The van der Waals surface area contributed by atoms with Crippen LogP contribution in [-0.2, 0) is 41.6 Å². The minimum absolute atomic E-state index is 0.0815. The summed E-state index contributed by atoms with van der Waals surface area (Å²) in [6, 6.07) is 12.0. The topological polar surface area (TPSA) is 231 Å². The van der Waals surface area contributed by atoms with Crippen molar-refractivity contribution < 1.29 is 39.0 Å². The Morgan fingerprint density at radius 1 is 0.675 bits per heavy atom. The highest BCUT2D eigenvalue weighted by atomic mass is 16.4. The first-order chi connectivity index (χ1) is 19.0. The standard InChI is InChI=1S/C27H33N5O8/c28-18(13-16-7-3-1-4-8-16)24(36)30-19(11-12-22(29)33)25(37)31-20(14-17-9-5-2-6-10-17)26(38)32-21(27(39)40)15-23(34)35/h1-10,18-21H,11-15,28H2,(H2,29,33)(H,30,36)(H,31,37)(H,32,38)(H,34,35)(H,39,40). The van der Waals surface area contributed by atoms with E-state index in [1.54, 1.807) is 54.6 Å². The molecule has 2 aromatic rings. The van der Waals surface area contributed by atoms with Gasteiger partial charge in [-0.2, -0.15) is 0 Å². The zero-order valence-electron chi connectivity index (χ0n) is 21.6. The summed E-state index contributed by atoms with van der Waals surface area (Å²) in [5, 5.41) is 25.4. The predicted molar refractivity (Wildman–Crippen MR) is 142 cm³/mol. The molecule has 13 nitrogen and oxygen atoms in total. The number of rotatable bonds is 16. The molecular weight excluding hydrogens is 522 g/mol. The van der Waals surface area contributed by atoms with Gasteiger partial charge in [-0.3, -0.25) is 24.0 Å². The Morgan fingerprint density at radius 3 is 1.65 bits per heavy atom. The quantitative estimate of drug-likeness (QED) is 0.135. The number of benzene rings is 2. The van der Waals surface area contributed by atoms with Gasteiger partial charge in [-0.15, -0.1) is 0 Å². The lowest BCUT2D eigenvalue weighted by Gasteiger charge is -2.25. The lowest BCUT2D eigenvalue weighted by Crippen LogP contribution is -2.58. The molecule has 0 radical (unpaired) electrons. The van der Waals surface area contributed by atoms with Gasteiger partial charge in [0.15, 0.2) is 0 Å². The Kier molecular flexibility index (Phi) is 12.3. The average Bonchev–Trinajstić information content (AvgIpc) is 2.90. The fourth-order valence-corrected chi connectivity index (χ4v) is 3.77. The van der Waals surface area contributed by atoms with Gasteiger partial charge in [-0.1, -0.05) is 60.7 Å². The molecule has 0 aliphatic carbocycles. The lowest BCUT2D eigenvalue weighted by molar-refractivity contribution is -0.147. The summed E-state index contributed by atoms with van der Waals surface area (Å²) in [6.07, 6.45) is -1.25. The molecule has 0 aliphatic rings. The number of nitrogens with two attached hydrogens (primary N) is 2. The number of amides is 4. The van der Waals surface area contributed by atoms with Crippen molar-refractivity contribution in [1.29, 1.82) is 0 Å². The largest absolute Gasteiger partial charge is 0.481 e. The SMILES string of the molecule is NC(=O)CCC(NC(=O)C(N)Cc1ccccc1)C(=O)NC(Cc1ccccc1)C(=O)NC(CC(=O)O)C(=O)O. The van der Waals surface area contributed by atoms with E-state index in [4.69, 9.17) is 16.6 Å². The molecule has 2 rings (SSSR count). The number of aliphatic carboxylic acids is 2.